The molecular weight excluding hydrogens is 395 g/mol. The van der Waals surface area contributed by atoms with Crippen molar-refractivity contribution in [2.45, 2.75) is 13.2 Å². The van der Waals surface area contributed by atoms with E-state index in [0.29, 0.717) is 28.2 Å². The number of carbonyl (C=O) groups is 1. The average Bonchev–Trinajstić information content (AvgIpc) is 2.62. The molecule has 0 saturated carbocycles. The third-order valence-corrected chi connectivity index (χ3v) is 4.36. The van der Waals surface area contributed by atoms with Crippen LogP contribution < -0.4 is 4.74 Å². The van der Waals surface area contributed by atoms with Gasteiger partial charge in [0.15, 0.2) is 6.29 Å². The molecule has 0 unspecified atom stereocenters. The SMILES string of the molecule is COC(=O)c1ccc(Oc2c(C)cc(F)c(Br)c2C(OC)OC)cc1. The number of esters is 1. The van der Waals surface area contributed by atoms with E-state index >= 15 is 0 Å². The van der Waals surface area contributed by atoms with Crippen molar-refractivity contribution in [2.75, 3.05) is 21.3 Å². The zero-order chi connectivity index (χ0) is 18.6. The molecule has 0 bridgehead atoms. The van der Waals surface area contributed by atoms with Crippen LogP contribution in [0.4, 0.5) is 4.39 Å². The molecule has 2 aromatic rings. The average molecular weight is 413 g/mol. The van der Waals surface area contributed by atoms with E-state index in [0.717, 1.165) is 0 Å². The predicted molar refractivity (Wildman–Crippen MR) is 93.5 cm³/mol. The summed E-state index contributed by atoms with van der Waals surface area (Å²) in [4.78, 5) is 11.5. The van der Waals surface area contributed by atoms with E-state index in [1.165, 1.54) is 27.4 Å². The molecule has 0 atom stereocenters. The highest BCUT2D eigenvalue weighted by molar-refractivity contribution is 9.10. The normalized spacial score (nSPS) is 10.8. The molecule has 0 aromatic heterocycles. The van der Waals surface area contributed by atoms with E-state index in [2.05, 4.69) is 20.7 Å². The number of methoxy groups -OCH3 is 3. The summed E-state index contributed by atoms with van der Waals surface area (Å²) >= 11 is 3.22. The first-order valence-corrected chi connectivity index (χ1v) is 8.12. The van der Waals surface area contributed by atoms with E-state index < -0.39 is 18.1 Å². The van der Waals surface area contributed by atoms with Crippen molar-refractivity contribution in [1.29, 1.82) is 0 Å². The molecule has 7 heteroatoms. The summed E-state index contributed by atoms with van der Waals surface area (Å²) in [5.41, 5.74) is 1.38. The van der Waals surface area contributed by atoms with Crippen molar-refractivity contribution < 1.29 is 28.1 Å². The standard InChI is InChI=1S/C18H18BrFO5/c1-10-9-13(20)15(19)14(18(23-3)24-4)16(10)25-12-7-5-11(6-8-12)17(21)22-2/h5-9,18H,1-4H3. The highest BCUT2D eigenvalue weighted by Gasteiger charge is 2.24. The summed E-state index contributed by atoms with van der Waals surface area (Å²) in [7, 11) is 4.22. The fraction of sp³-hybridized carbons (Fsp3) is 0.278. The fourth-order valence-corrected chi connectivity index (χ4v) is 2.81. The van der Waals surface area contributed by atoms with Crippen molar-refractivity contribution in [3.63, 3.8) is 0 Å². The molecular formula is C18H18BrFO5. The molecule has 2 aromatic carbocycles. The van der Waals surface area contributed by atoms with E-state index in [9.17, 15) is 9.18 Å². The molecule has 134 valence electrons. The van der Waals surface area contributed by atoms with Crippen molar-refractivity contribution >= 4 is 21.9 Å². The first-order valence-electron chi connectivity index (χ1n) is 7.33. The topological polar surface area (TPSA) is 54.0 Å². The van der Waals surface area contributed by atoms with Crippen LogP contribution in [-0.2, 0) is 14.2 Å². The van der Waals surface area contributed by atoms with E-state index in [1.54, 1.807) is 31.2 Å². The number of benzene rings is 2. The van der Waals surface area contributed by atoms with Gasteiger partial charge in [0.05, 0.1) is 22.7 Å². The lowest BCUT2D eigenvalue weighted by atomic mass is 10.1. The number of rotatable bonds is 6. The zero-order valence-corrected chi connectivity index (χ0v) is 15.8. The smallest absolute Gasteiger partial charge is 0.337 e. The van der Waals surface area contributed by atoms with Crippen LogP contribution in [0.5, 0.6) is 11.5 Å². The van der Waals surface area contributed by atoms with Gasteiger partial charge in [-0.25, -0.2) is 9.18 Å². The monoisotopic (exact) mass is 412 g/mol. The Bertz CT molecular complexity index is 757. The van der Waals surface area contributed by atoms with Gasteiger partial charge in [-0.2, -0.15) is 0 Å². The van der Waals surface area contributed by atoms with Gasteiger partial charge in [0.25, 0.3) is 0 Å². The fourth-order valence-electron chi connectivity index (χ4n) is 2.33. The second-order valence-corrected chi connectivity index (χ2v) is 5.95. The lowest BCUT2D eigenvalue weighted by Gasteiger charge is -2.21. The highest BCUT2D eigenvalue weighted by Crippen LogP contribution is 2.41. The predicted octanol–water partition coefficient (Wildman–Crippen LogP) is 4.77. The van der Waals surface area contributed by atoms with E-state index in [-0.39, 0.29) is 4.47 Å². The number of carbonyl (C=O) groups excluding carboxylic acids is 1. The van der Waals surface area contributed by atoms with Crippen LogP contribution in [0.25, 0.3) is 0 Å². The number of halogens is 2. The van der Waals surface area contributed by atoms with Crippen LogP contribution in [-0.4, -0.2) is 27.3 Å². The summed E-state index contributed by atoms with van der Waals surface area (Å²) < 4.78 is 35.4. The molecule has 0 saturated heterocycles. The second-order valence-electron chi connectivity index (χ2n) is 5.15. The zero-order valence-electron chi connectivity index (χ0n) is 14.3. The Morgan fingerprint density at radius 2 is 1.72 bits per heavy atom. The molecule has 0 radical (unpaired) electrons. The molecule has 0 amide bonds. The van der Waals surface area contributed by atoms with Gasteiger partial charge < -0.3 is 18.9 Å². The molecule has 0 fully saturated rings. The van der Waals surface area contributed by atoms with Gasteiger partial charge in [0.2, 0.25) is 0 Å². The van der Waals surface area contributed by atoms with Crippen molar-refractivity contribution in [2.24, 2.45) is 0 Å². The third-order valence-electron chi connectivity index (χ3n) is 3.55. The maximum Gasteiger partial charge on any atom is 0.337 e. The summed E-state index contributed by atoms with van der Waals surface area (Å²) in [5.74, 6) is 0.000950. The maximum atomic E-state index is 14.1. The Morgan fingerprint density at radius 3 is 2.24 bits per heavy atom. The molecule has 2 rings (SSSR count). The Labute approximate surface area is 153 Å². The Balaban J connectivity index is 2.45. The van der Waals surface area contributed by atoms with E-state index in [1.807, 2.05) is 0 Å². The van der Waals surface area contributed by atoms with Gasteiger partial charge in [-0.15, -0.1) is 0 Å². The summed E-state index contributed by atoms with van der Waals surface area (Å²) in [6.45, 7) is 1.72. The highest BCUT2D eigenvalue weighted by atomic mass is 79.9. The third kappa shape index (κ3) is 4.18. The lowest BCUT2D eigenvalue weighted by Crippen LogP contribution is -2.09. The van der Waals surface area contributed by atoms with Crippen molar-refractivity contribution in [3.8, 4) is 11.5 Å². The van der Waals surface area contributed by atoms with Crippen LogP contribution in [0, 0.1) is 12.7 Å². The Morgan fingerprint density at radius 1 is 1.12 bits per heavy atom. The summed E-state index contributed by atoms with van der Waals surface area (Å²) in [5, 5.41) is 0. The summed E-state index contributed by atoms with van der Waals surface area (Å²) in [6, 6.07) is 7.77. The van der Waals surface area contributed by atoms with Gasteiger partial charge in [-0.05, 0) is 58.7 Å². The molecule has 25 heavy (non-hydrogen) atoms. The van der Waals surface area contributed by atoms with Gasteiger partial charge in [-0.1, -0.05) is 0 Å². The molecule has 0 heterocycles. The van der Waals surface area contributed by atoms with Crippen LogP contribution in [0.3, 0.4) is 0 Å². The first kappa shape index (κ1) is 19.4. The molecule has 0 N–H and O–H groups in total. The van der Waals surface area contributed by atoms with Gasteiger partial charge in [0.1, 0.15) is 17.3 Å². The molecule has 0 aliphatic heterocycles. The molecule has 0 aliphatic carbocycles. The quantitative estimate of drug-likeness (QED) is 0.505. The minimum Gasteiger partial charge on any atom is -0.465 e. The minimum atomic E-state index is -0.812. The van der Waals surface area contributed by atoms with Gasteiger partial charge >= 0.3 is 5.97 Å². The molecule has 5 nitrogen and oxygen atoms in total. The minimum absolute atomic E-state index is 0.202. The molecule has 0 spiro atoms. The van der Waals surface area contributed by atoms with Crippen molar-refractivity contribution in [3.05, 3.63) is 57.3 Å². The maximum absolute atomic E-state index is 14.1. The lowest BCUT2D eigenvalue weighted by molar-refractivity contribution is -0.107. The Hall–Kier alpha value is -1.96. The van der Waals surface area contributed by atoms with E-state index in [4.69, 9.17) is 14.2 Å². The van der Waals surface area contributed by atoms with Crippen LogP contribution in [0.2, 0.25) is 0 Å². The van der Waals surface area contributed by atoms with Crippen molar-refractivity contribution in [1.82, 2.24) is 0 Å². The van der Waals surface area contributed by atoms with Crippen LogP contribution in [0.15, 0.2) is 34.8 Å². The second kappa shape index (κ2) is 8.42. The first-order chi connectivity index (χ1) is 11.9. The van der Waals surface area contributed by atoms with Crippen LogP contribution >= 0.6 is 15.9 Å². The number of hydrogen-bond acceptors (Lipinski definition) is 5. The molecule has 0 aliphatic rings. The number of hydrogen-bond donors (Lipinski definition) is 0. The largest absolute Gasteiger partial charge is 0.465 e. The van der Waals surface area contributed by atoms with Crippen LogP contribution in [0.1, 0.15) is 27.8 Å². The Kier molecular flexibility index (Phi) is 6.52. The summed E-state index contributed by atoms with van der Waals surface area (Å²) in [6.07, 6.45) is -0.812. The number of ether oxygens (including phenoxy) is 4. The van der Waals surface area contributed by atoms with Gasteiger partial charge in [0, 0.05) is 14.2 Å². The van der Waals surface area contributed by atoms with Gasteiger partial charge in [-0.3, -0.25) is 0 Å². The number of aryl methyl sites for hydroxylation is 1.